The Balaban J connectivity index is 2.15. The number of piperidine rings is 1. The lowest BCUT2D eigenvalue weighted by Gasteiger charge is -2.39. The van der Waals surface area contributed by atoms with Crippen LogP contribution in [0.4, 0.5) is 5.82 Å². The molecule has 0 bridgehead atoms. The molecule has 0 radical (unpaired) electrons. The molecule has 0 spiro atoms. The van der Waals surface area contributed by atoms with Gasteiger partial charge in [-0.2, -0.15) is 0 Å². The molecule has 2 atom stereocenters. The molecule has 0 saturated carbocycles. The third kappa shape index (κ3) is 2.70. The topological polar surface area (TPSA) is 73.5 Å². The van der Waals surface area contributed by atoms with Crippen molar-refractivity contribution in [3.05, 3.63) is 12.4 Å². The van der Waals surface area contributed by atoms with Crippen LogP contribution in [0.5, 0.6) is 5.88 Å². The predicted molar refractivity (Wildman–Crippen MR) is 68.8 cm³/mol. The Bertz CT molecular complexity index is 388. The van der Waals surface area contributed by atoms with Gasteiger partial charge in [-0.15, -0.1) is 0 Å². The van der Waals surface area contributed by atoms with Crippen LogP contribution in [0, 0.1) is 0 Å². The zero-order valence-corrected chi connectivity index (χ0v) is 10.9. The third-order valence-corrected chi connectivity index (χ3v) is 3.40. The van der Waals surface area contributed by atoms with Gasteiger partial charge in [-0.05, 0) is 12.8 Å². The highest BCUT2D eigenvalue weighted by molar-refractivity contribution is 5.42. The van der Waals surface area contributed by atoms with Gasteiger partial charge in [0.1, 0.15) is 12.1 Å². The van der Waals surface area contributed by atoms with E-state index in [4.69, 9.17) is 15.2 Å². The van der Waals surface area contributed by atoms with Gasteiger partial charge < -0.3 is 20.1 Å². The van der Waals surface area contributed by atoms with Gasteiger partial charge in [0.05, 0.1) is 13.2 Å². The maximum Gasteiger partial charge on any atom is 0.218 e. The summed E-state index contributed by atoms with van der Waals surface area (Å²) in [6.07, 6.45) is 3.72. The Morgan fingerprint density at radius 2 is 2.28 bits per heavy atom. The summed E-state index contributed by atoms with van der Waals surface area (Å²) in [7, 11) is 3.35. The number of nitrogens with zero attached hydrogens (tertiary/aromatic N) is 3. The molecule has 1 aromatic heterocycles. The van der Waals surface area contributed by atoms with Gasteiger partial charge in [-0.3, -0.25) is 0 Å². The molecular formula is C12H20N4O2. The zero-order valence-electron chi connectivity index (χ0n) is 10.9. The molecule has 2 unspecified atom stereocenters. The fourth-order valence-corrected chi connectivity index (χ4v) is 2.35. The molecular weight excluding hydrogens is 232 g/mol. The summed E-state index contributed by atoms with van der Waals surface area (Å²) in [5.41, 5.74) is 5.85. The van der Waals surface area contributed by atoms with Crippen molar-refractivity contribution >= 4 is 5.82 Å². The summed E-state index contributed by atoms with van der Waals surface area (Å²) in [6.45, 7) is 1.48. The number of hydrogen-bond acceptors (Lipinski definition) is 6. The highest BCUT2D eigenvalue weighted by Gasteiger charge is 2.28. The summed E-state index contributed by atoms with van der Waals surface area (Å²) in [4.78, 5) is 10.5. The Hall–Kier alpha value is -1.40. The first-order chi connectivity index (χ1) is 8.78. The number of methoxy groups -OCH3 is 2. The van der Waals surface area contributed by atoms with Crippen LogP contribution in [0.3, 0.4) is 0 Å². The van der Waals surface area contributed by atoms with Crippen molar-refractivity contribution in [3.8, 4) is 5.88 Å². The molecule has 18 heavy (non-hydrogen) atoms. The normalized spacial score (nSPS) is 24.1. The second-order valence-corrected chi connectivity index (χ2v) is 4.38. The SMILES string of the molecule is COc1cc(N2CCC(OC)CC2CN)ncn1. The van der Waals surface area contributed by atoms with Crippen molar-refractivity contribution in [1.29, 1.82) is 0 Å². The molecule has 100 valence electrons. The first-order valence-corrected chi connectivity index (χ1v) is 6.14. The molecule has 2 rings (SSSR count). The average Bonchev–Trinajstić information content (AvgIpc) is 2.46. The highest BCUT2D eigenvalue weighted by atomic mass is 16.5. The smallest absolute Gasteiger partial charge is 0.218 e. The van der Waals surface area contributed by atoms with E-state index >= 15 is 0 Å². The van der Waals surface area contributed by atoms with Gasteiger partial charge >= 0.3 is 0 Å². The quantitative estimate of drug-likeness (QED) is 0.837. The molecule has 1 fully saturated rings. The predicted octanol–water partition coefficient (Wildman–Crippen LogP) is 0.428. The minimum Gasteiger partial charge on any atom is -0.481 e. The Morgan fingerprint density at radius 3 is 2.94 bits per heavy atom. The van der Waals surface area contributed by atoms with E-state index in [1.165, 1.54) is 6.33 Å². The van der Waals surface area contributed by atoms with Gasteiger partial charge in [0.15, 0.2) is 0 Å². The van der Waals surface area contributed by atoms with Crippen LogP contribution < -0.4 is 15.4 Å². The molecule has 1 aliphatic rings. The fraction of sp³-hybridized carbons (Fsp3) is 0.667. The molecule has 2 heterocycles. The molecule has 1 saturated heterocycles. The van der Waals surface area contributed by atoms with Crippen molar-refractivity contribution in [2.75, 3.05) is 32.2 Å². The second-order valence-electron chi connectivity index (χ2n) is 4.38. The van der Waals surface area contributed by atoms with Crippen LogP contribution in [0.1, 0.15) is 12.8 Å². The second kappa shape index (κ2) is 5.97. The summed E-state index contributed by atoms with van der Waals surface area (Å²) in [5.74, 6) is 1.44. The van der Waals surface area contributed by atoms with E-state index in [0.29, 0.717) is 18.5 Å². The highest BCUT2D eigenvalue weighted by Crippen LogP contribution is 2.25. The third-order valence-electron chi connectivity index (χ3n) is 3.40. The largest absolute Gasteiger partial charge is 0.481 e. The van der Waals surface area contributed by atoms with Crippen LogP contribution in [-0.2, 0) is 4.74 Å². The molecule has 1 aromatic rings. The van der Waals surface area contributed by atoms with Gasteiger partial charge in [-0.25, -0.2) is 9.97 Å². The lowest BCUT2D eigenvalue weighted by Crippen LogP contribution is -2.49. The minimum atomic E-state index is 0.253. The van der Waals surface area contributed by atoms with Gasteiger partial charge in [0, 0.05) is 32.3 Å². The summed E-state index contributed by atoms with van der Waals surface area (Å²) in [5, 5.41) is 0. The summed E-state index contributed by atoms with van der Waals surface area (Å²) in [6, 6.07) is 2.10. The first-order valence-electron chi connectivity index (χ1n) is 6.14. The van der Waals surface area contributed by atoms with Crippen LogP contribution in [0.2, 0.25) is 0 Å². The number of ether oxygens (including phenoxy) is 2. The molecule has 0 aromatic carbocycles. The molecule has 6 nitrogen and oxygen atoms in total. The maximum atomic E-state index is 5.85. The van der Waals surface area contributed by atoms with E-state index in [2.05, 4.69) is 14.9 Å². The van der Waals surface area contributed by atoms with Gasteiger partial charge in [-0.1, -0.05) is 0 Å². The van der Waals surface area contributed by atoms with E-state index in [0.717, 1.165) is 25.2 Å². The van der Waals surface area contributed by atoms with E-state index in [1.807, 2.05) is 6.07 Å². The standard InChI is InChI=1S/C12H20N4O2/c1-17-10-3-4-16(9(5-10)7-13)11-6-12(18-2)15-8-14-11/h6,8-10H,3-5,7,13H2,1-2H3. The van der Waals surface area contributed by atoms with Crippen LogP contribution in [0.25, 0.3) is 0 Å². The monoisotopic (exact) mass is 252 g/mol. The Morgan fingerprint density at radius 1 is 1.44 bits per heavy atom. The van der Waals surface area contributed by atoms with Crippen LogP contribution in [-0.4, -0.2) is 49.4 Å². The van der Waals surface area contributed by atoms with Crippen LogP contribution in [0.15, 0.2) is 12.4 Å². The molecule has 1 aliphatic heterocycles. The van der Waals surface area contributed by atoms with Crippen molar-refractivity contribution < 1.29 is 9.47 Å². The fourth-order valence-electron chi connectivity index (χ4n) is 2.35. The van der Waals surface area contributed by atoms with Gasteiger partial charge in [0.25, 0.3) is 0 Å². The molecule has 6 heteroatoms. The van der Waals surface area contributed by atoms with Crippen molar-refractivity contribution in [2.45, 2.75) is 25.0 Å². The number of anilines is 1. The number of rotatable bonds is 4. The lowest BCUT2D eigenvalue weighted by atomic mass is 9.99. The van der Waals surface area contributed by atoms with E-state index in [9.17, 15) is 0 Å². The zero-order chi connectivity index (χ0) is 13.0. The Kier molecular flexibility index (Phi) is 4.33. The lowest BCUT2D eigenvalue weighted by molar-refractivity contribution is 0.0708. The summed E-state index contributed by atoms with van der Waals surface area (Å²) >= 11 is 0. The maximum absolute atomic E-state index is 5.85. The van der Waals surface area contributed by atoms with Crippen LogP contribution >= 0.6 is 0 Å². The minimum absolute atomic E-state index is 0.253. The van der Waals surface area contributed by atoms with E-state index in [1.54, 1.807) is 14.2 Å². The number of aromatic nitrogens is 2. The van der Waals surface area contributed by atoms with E-state index < -0.39 is 0 Å². The van der Waals surface area contributed by atoms with Crippen molar-refractivity contribution in [2.24, 2.45) is 5.73 Å². The molecule has 2 N–H and O–H groups in total. The molecule has 0 amide bonds. The first kappa shape index (κ1) is 13.0. The molecule has 0 aliphatic carbocycles. The van der Waals surface area contributed by atoms with E-state index in [-0.39, 0.29) is 6.04 Å². The van der Waals surface area contributed by atoms with Gasteiger partial charge in [0.2, 0.25) is 5.88 Å². The van der Waals surface area contributed by atoms with Crippen molar-refractivity contribution in [3.63, 3.8) is 0 Å². The number of nitrogens with two attached hydrogens (primary N) is 1. The number of hydrogen-bond donors (Lipinski definition) is 1. The van der Waals surface area contributed by atoms with Crippen molar-refractivity contribution in [1.82, 2.24) is 9.97 Å². The average molecular weight is 252 g/mol. The Labute approximate surface area is 107 Å². The summed E-state index contributed by atoms with van der Waals surface area (Å²) < 4.78 is 10.5.